The Bertz CT molecular complexity index is 1070. The lowest BCUT2D eigenvalue weighted by molar-refractivity contribution is 0.0944. The standard InChI is InChI=1S/C22H17FN2O3S/c23-17-7-3-15(4-8-17)13-28-18-9-5-16(6-10-18)22-25-20(14-29-22)21(26)24-12-19-2-1-11-27-19/h1-11,14H,12-13H2,(H,24,26). The average Bonchev–Trinajstić information content (AvgIpc) is 3.44. The van der Waals surface area contributed by atoms with Gasteiger partial charge in [-0.2, -0.15) is 0 Å². The molecule has 1 N–H and O–H groups in total. The summed E-state index contributed by atoms with van der Waals surface area (Å²) in [6, 6.07) is 17.2. The van der Waals surface area contributed by atoms with E-state index in [9.17, 15) is 9.18 Å². The SMILES string of the molecule is O=C(NCc1ccco1)c1csc(-c2ccc(OCc3ccc(F)cc3)cc2)n1. The van der Waals surface area contributed by atoms with Crippen LogP contribution in [0.5, 0.6) is 5.75 Å². The fourth-order valence-corrected chi connectivity index (χ4v) is 3.43. The minimum atomic E-state index is -0.268. The molecule has 0 aliphatic carbocycles. The third-order valence-electron chi connectivity index (χ3n) is 4.16. The van der Waals surface area contributed by atoms with Crippen LogP contribution in [0.1, 0.15) is 21.8 Å². The van der Waals surface area contributed by atoms with E-state index >= 15 is 0 Å². The first-order valence-corrected chi connectivity index (χ1v) is 9.79. The number of hydrogen-bond acceptors (Lipinski definition) is 5. The molecule has 0 radical (unpaired) electrons. The fourth-order valence-electron chi connectivity index (χ4n) is 2.62. The van der Waals surface area contributed by atoms with Crippen LogP contribution in [0.15, 0.2) is 76.7 Å². The van der Waals surface area contributed by atoms with Crippen LogP contribution in [0.4, 0.5) is 4.39 Å². The summed E-state index contributed by atoms with van der Waals surface area (Å²) >= 11 is 1.40. The molecule has 29 heavy (non-hydrogen) atoms. The van der Waals surface area contributed by atoms with Crippen LogP contribution in [0, 0.1) is 5.82 Å². The van der Waals surface area contributed by atoms with Gasteiger partial charge in [0.1, 0.15) is 34.6 Å². The van der Waals surface area contributed by atoms with E-state index in [1.54, 1.807) is 35.9 Å². The molecule has 146 valence electrons. The third kappa shape index (κ3) is 4.89. The topological polar surface area (TPSA) is 64.4 Å². The normalized spacial score (nSPS) is 10.7. The lowest BCUT2D eigenvalue weighted by Crippen LogP contribution is -2.22. The van der Waals surface area contributed by atoms with Crippen molar-refractivity contribution in [3.05, 3.63) is 95.1 Å². The van der Waals surface area contributed by atoms with Crippen molar-refractivity contribution in [2.45, 2.75) is 13.2 Å². The van der Waals surface area contributed by atoms with Gasteiger partial charge in [-0.05, 0) is 54.1 Å². The highest BCUT2D eigenvalue weighted by molar-refractivity contribution is 7.13. The number of aromatic nitrogens is 1. The van der Waals surface area contributed by atoms with Gasteiger partial charge in [0, 0.05) is 10.9 Å². The highest BCUT2D eigenvalue weighted by Gasteiger charge is 2.12. The molecule has 0 bridgehead atoms. The summed E-state index contributed by atoms with van der Waals surface area (Å²) < 4.78 is 23.9. The van der Waals surface area contributed by atoms with Crippen LogP contribution in [-0.4, -0.2) is 10.9 Å². The minimum Gasteiger partial charge on any atom is -0.489 e. The molecule has 0 saturated heterocycles. The Labute approximate surface area is 170 Å². The van der Waals surface area contributed by atoms with Gasteiger partial charge in [-0.25, -0.2) is 9.37 Å². The van der Waals surface area contributed by atoms with Crippen molar-refractivity contribution >= 4 is 17.2 Å². The molecule has 5 nitrogen and oxygen atoms in total. The summed E-state index contributed by atoms with van der Waals surface area (Å²) in [5.74, 6) is 0.870. The monoisotopic (exact) mass is 408 g/mol. The molecule has 1 amide bonds. The van der Waals surface area contributed by atoms with Crippen molar-refractivity contribution in [1.82, 2.24) is 10.3 Å². The molecule has 2 aromatic carbocycles. The molecule has 0 unspecified atom stereocenters. The molecule has 7 heteroatoms. The number of hydrogen-bond donors (Lipinski definition) is 1. The van der Waals surface area contributed by atoms with Crippen LogP contribution in [-0.2, 0) is 13.2 Å². The van der Waals surface area contributed by atoms with Crippen LogP contribution < -0.4 is 10.1 Å². The molecule has 0 aliphatic rings. The average molecular weight is 408 g/mol. The number of carbonyl (C=O) groups is 1. The number of rotatable bonds is 7. The zero-order valence-electron chi connectivity index (χ0n) is 15.3. The number of carbonyl (C=O) groups excluding carboxylic acids is 1. The maximum absolute atomic E-state index is 12.9. The van der Waals surface area contributed by atoms with Crippen LogP contribution >= 0.6 is 11.3 Å². The first kappa shape index (κ1) is 18.9. The molecular weight excluding hydrogens is 391 g/mol. The zero-order chi connectivity index (χ0) is 20.1. The predicted octanol–water partition coefficient (Wildman–Crippen LogP) is 5.05. The van der Waals surface area contributed by atoms with Gasteiger partial charge in [-0.1, -0.05) is 12.1 Å². The molecule has 0 fully saturated rings. The zero-order valence-corrected chi connectivity index (χ0v) is 16.1. The van der Waals surface area contributed by atoms with Gasteiger partial charge in [0.05, 0.1) is 12.8 Å². The van der Waals surface area contributed by atoms with Gasteiger partial charge in [0.15, 0.2) is 0 Å². The molecule has 0 spiro atoms. The first-order chi connectivity index (χ1) is 14.2. The van der Waals surface area contributed by atoms with Crippen molar-refractivity contribution < 1.29 is 18.3 Å². The van der Waals surface area contributed by atoms with Crippen LogP contribution in [0.25, 0.3) is 10.6 Å². The first-order valence-electron chi connectivity index (χ1n) is 8.91. The van der Waals surface area contributed by atoms with E-state index in [1.807, 2.05) is 24.3 Å². The molecule has 0 saturated carbocycles. The van der Waals surface area contributed by atoms with Crippen molar-refractivity contribution in [1.29, 1.82) is 0 Å². The van der Waals surface area contributed by atoms with Crippen molar-refractivity contribution in [3.8, 4) is 16.3 Å². The molecule has 4 rings (SSSR count). The maximum Gasteiger partial charge on any atom is 0.271 e. The molecule has 0 atom stereocenters. The number of nitrogens with one attached hydrogen (secondary N) is 1. The molecule has 2 aromatic heterocycles. The summed E-state index contributed by atoms with van der Waals surface area (Å²) in [5.41, 5.74) is 2.16. The molecule has 4 aromatic rings. The second-order valence-electron chi connectivity index (χ2n) is 6.24. The number of amides is 1. The smallest absolute Gasteiger partial charge is 0.271 e. The Kier molecular flexibility index (Phi) is 5.67. The van der Waals surface area contributed by atoms with Gasteiger partial charge in [-0.3, -0.25) is 4.79 Å². The fraction of sp³-hybridized carbons (Fsp3) is 0.0909. The second kappa shape index (κ2) is 8.70. The van der Waals surface area contributed by atoms with Gasteiger partial charge in [0.2, 0.25) is 0 Å². The van der Waals surface area contributed by atoms with E-state index < -0.39 is 0 Å². The van der Waals surface area contributed by atoms with E-state index in [2.05, 4.69) is 10.3 Å². The highest BCUT2D eigenvalue weighted by atomic mass is 32.1. The molecule has 0 aliphatic heterocycles. The van der Waals surface area contributed by atoms with Crippen LogP contribution in [0.3, 0.4) is 0 Å². The summed E-state index contributed by atoms with van der Waals surface area (Å²) in [6.07, 6.45) is 1.56. The third-order valence-corrected chi connectivity index (χ3v) is 5.05. The maximum atomic E-state index is 12.9. The van der Waals surface area contributed by atoms with E-state index in [-0.39, 0.29) is 11.7 Å². The summed E-state index contributed by atoms with van der Waals surface area (Å²) in [4.78, 5) is 16.6. The summed E-state index contributed by atoms with van der Waals surface area (Å²) in [5, 5.41) is 5.26. The second-order valence-corrected chi connectivity index (χ2v) is 7.10. The predicted molar refractivity (Wildman–Crippen MR) is 108 cm³/mol. The molecular formula is C22H17FN2O3S. The van der Waals surface area contributed by atoms with Gasteiger partial charge < -0.3 is 14.5 Å². The number of benzene rings is 2. The number of furan rings is 1. The number of halogens is 1. The van der Waals surface area contributed by atoms with E-state index in [0.717, 1.165) is 16.1 Å². The van der Waals surface area contributed by atoms with E-state index in [1.165, 1.54) is 23.5 Å². The Morgan fingerprint density at radius 1 is 1.10 bits per heavy atom. The number of thiazole rings is 1. The van der Waals surface area contributed by atoms with Gasteiger partial charge >= 0.3 is 0 Å². The summed E-state index contributed by atoms with van der Waals surface area (Å²) in [7, 11) is 0. The van der Waals surface area contributed by atoms with Gasteiger partial charge in [-0.15, -0.1) is 11.3 Å². The lowest BCUT2D eigenvalue weighted by Gasteiger charge is -2.07. The molecule has 2 heterocycles. The van der Waals surface area contributed by atoms with Crippen molar-refractivity contribution in [2.24, 2.45) is 0 Å². The highest BCUT2D eigenvalue weighted by Crippen LogP contribution is 2.26. The Morgan fingerprint density at radius 3 is 2.62 bits per heavy atom. The lowest BCUT2D eigenvalue weighted by atomic mass is 10.2. The summed E-state index contributed by atoms with van der Waals surface area (Å²) in [6.45, 7) is 0.676. The Morgan fingerprint density at radius 2 is 1.90 bits per heavy atom. The van der Waals surface area contributed by atoms with Crippen molar-refractivity contribution in [3.63, 3.8) is 0 Å². The minimum absolute atomic E-state index is 0.247. The van der Waals surface area contributed by atoms with Gasteiger partial charge in [0.25, 0.3) is 5.91 Å². The van der Waals surface area contributed by atoms with Crippen LogP contribution in [0.2, 0.25) is 0 Å². The Balaban J connectivity index is 1.35. The van der Waals surface area contributed by atoms with E-state index in [0.29, 0.717) is 30.4 Å². The van der Waals surface area contributed by atoms with Crippen molar-refractivity contribution in [2.75, 3.05) is 0 Å². The Hall–Kier alpha value is -3.45. The number of nitrogens with zero attached hydrogens (tertiary/aromatic N) is 1. The number of ether oxygens (including phenoxy) is 1. The largest absolute Gasteiger partial charge is 0.489 e. The van der Waals surface area contributed by atoms with E-state index in [4.69, 9.17) is 9.15 Å². The quantitative estimate of drug-likeness (QED) is 0.465.